The van der Waals surface area contributed by atoms with E-state index in [-0.39, 0.29) is 74.5 Å². The molecule has 2 saturated heterocycles. The van der Waals surface area contributed by atoms with E-state index in [1.165, 1.54) is 12.5 Å². The molecule has 0 aromatic carbocycles. The van der Waals surface area contributed by atoms with Crippen LogP contribution in [0.3, 0.4) is 0 Å². The predicted octanol–water partition coefficient (Wildman–Crippen LogP) is -1.59. The van der Waals surface area contributed by atoms with Gasteiger partial charge in [-0.15, -0.1) is 5.10 Å². The Balaban J connectivity index is 1.05. The molecule has 464 valence electrons. The van der Waals surface area contributed by atoms with Crippen LogP contribution in [-0.4, -0.2) is 202 Å². The highest BCUT2D eigenvalue weighted by Gasteiger charge is 2.42. The summed E-state index contributed by atoms with van der Waals surface area (Å²) in [6.45, 7) is 9.07. The fraction of sp³-hybridized carbons (Fsp3) is 0.741. The normalized spacial score (nSPS) is 24.6. The number of thioether (sulfide) groups is 1. The minimum Gasteiger partial charge on any atom is -0.394 e. The van der Waals surface area contributed by atoms with Crippen LogP contribution < -0.4 is 53.6 Å². The van der Waals surface area contributed by atoms with Gasteiger partial charge in [0.1, 0.15) is 24.2 Å². The van der Waals surface area contributed by atoms with Crippen molar-refractivity contribution in [1.29, 1.82) is 0 Å². The number of aliphatic hydroxyl groups is 1. The number of aromatic amines is 1. The average molecular weight is 1190 g/mol. The van der Waals surface area contributed by atoms with E-state index in [2.05, 4.69) is 68.1 Å². The van der Waals surface area contributed by atoms with E-state index in [9.17, 15) is 48.3 Å². The summed E-state index contributed by atoms with van der Waals surface area (Å²) in [5.41, 5.74) is 7.32. The van der Waals surface area contributed by atoms with Crippen molar-refractivity contribution in [3.63, 3.8) is 0 Å². The lowest BCUT2D eigenvalue weighted by molar-refractivity contribution is -0.136. The number of hydrogen-bond acceptors (Lipinski definition) is 18. The summed E-state index contributed by atoms with van der Waals surface area (Å²) in [5, 5.41) is 43.7. The first kappa shape index (κ1) is 67.5. The Morgan fingerprint density at radius 3 is 2.17 bits per heavy atom. The number of urea groups is 1. The zero-order chi connectivity index (χ0) is 60.1. The molecule has 0 radical (unpaired) electrons. The average Bonchev–Trinajstić information content (AvgIpc) is 4.42. The van der Waals surface area contributed by atoms with Gasteiger partial charge in [-0.3, -0.25) is 43.0 Å². The summed E-state index contributed by atoms with van der Waals surface area (Å²) in [6, 6.07) is -5.76. The smallest absolute Gasteiger partial charge is 0.315 e. The second-order valence-corrected chi connectivity index (χ2v) is 23.2. The van der Waals surface area contributed by atoms with E-state index in [0.29, 0.717) is 101 Å². The number of nitrogens with two attached hydrogens (primary N) is 1. The highest BCUT2D eigenvalue weighted by Crippen LogP contribution is 2.33. The van der Waals surface area contributed by atoms with Crippen molar-refractivity contribution in [2.24, 2.45) is 23.5 Å². The van der Waals surface area contributed by atoms with Crippen molar-refractivity contribution in [2.75, 3.05) is 71.6 Å². The summed E-state index contributed by atoms with van der Waals surface area (Å²) in [6.07, 6.45) is 9.89. The van der Waals surface area contributed by atoms with Crippen molar-refractivity contribution in [3.8, 4) is 0 Å². The molecule has 13 N–H and O–H groups in total. The Kier molecular flexibility index (Phi) is 29.6. The molecule has 5 heterocycles. The molecule has 3 aliphatic rings. The molecule has 2 fully saturated rings. The molecule has 83 heavy (non-hydrogen) atoms. The number of hydrogen-bond donors (Lipinski definition) is 12. The predicted molar refractivity (Wildman–Crippen MR) is 305 cm³/mol. The van der Waals surface area contributed by atoms with Gasteiger partial charge in [-0.1, -0.05) is 39.3 Å². The van der Waals surface area contributed by atoms with Gasteiger partial charge in [0.05, 0.1) is 69.7 Å². The third-order valence-corrected chi connectivity index (χ3v) is 15.8. The van der Waals surface area contributed by atoms with Crippen LogP contribution >= 0.6 is 11.8 Å². The Labute approximate surface area is 489 Å². The number of H-pyrrole nitrogens is 1. The van der Waals surface area contributed by atoms with Gasteiger partial charge >= 0.3 is 6.03 Å². The Hall–Kier alpha value is -6.27. The molecule has 0 saturated carbocycles. The van der Waals surface area contributed by atoms with Crippen LogP contribution in [-0.2, 0) is 72.0 Å². The molecule has 0 spiro atoms. The number of aromatic nitrogens is 5. The Bertz CT molecular complexity index is 2380. The van der Waals surface area contributed by atoms with Gasteiger partial charge in [0.15, 0.2) is 5.78 Å². The quantitative estimate of drug-likeness (QED) is 0.0373. The topological polar surface area (TPSA) is 395 Å². The SMILES string of the molecule is CC(C)C[C@@H]1NC(=O)[C@H](Cc2cnc[nH]2)NC(=O)[C@H](C(C)C)CC(=O)[C@@H](N)Cc2cn(nn2)CCCC[C@@H](C(=O)NCCCOCCOCCOCCCNC(=O)CCCCC2SC[C@H]3NC(=O)N[C@@H]23)NC(=O)CNC(=O)[C@H](CO)NC1=O. The number of imidazole rings is 1. The first-order valence-electron chi connectivity index (χ1n) is 29.1. The zero-order valence-corrected chi connectivity index (χ0v) is 49.2. The monoisotopic (exact) mass is 1190 g/mol. The maximum Gasteiger partial charge on any atom is 0.315 e. The number of Topliss-reactive ketones (excluding diaryl/α,β-unsaturated/α-hetero) is 1. The third kappa shape index (κ3) is 24.5. The minimum absolute atomic E-state index is 0.0220. The number of nitrogens with one attached hydrogen (secondary N) is 10. The molecule has 29 heteroatoms. The van der Waals surface area contributed by atoms with Gasteiger partial charge in [-0.25, -0.2) is 9.78 Å². The standard InChI is InChI=1S/C54H89N15O13S/c1-33(2)23-40-52(77)64-42(30-70)51(76)59-28-47(73)61-39(50(75)58-15-10-18-81-20-22-82-21-19-80-17-9-14-57-46(72)13-6-5-12-45-48-43(31-83-45)65-54(79)66-48)11-7-8-16-69-29-36(67-68-69)24-38(55)44(71)26-37(34(3)4)49(74)62-41(53(78)63-40)25-35-27-56-32-60-35/h27,29,32-34,37-43,45,48,70H,5-26,28,30-31,55H2,1-4H3,(H,56,60)(H,57,72)(H,58,75)(H,59,76)(H,61,73)(H,62,74)(H,63,78)(H,64,77)(H2,65,66,79)/t37-,38-,39-,40-,41-,42-,43+,45?,48+/m0/s1. The minimum atomic E-state index is -1.54. The van der Waals surface area contributed by atoms with E-state index in [4.69, 9.17) is 19.9 Å². The van der Waals surface area contributed by atoms with E-state index in [0.717, 1.165) is 25.0 Å². The number of ketones is 1. The number of aryl methyl sites for hydroxylation is 1. The molecule has 2 bridgehead atoms. The van der Waals surface area contributed by atoms with Crippen LogP contribution in [0.5, 0.6) is 0 Å². The summed E-state index contributed by atoms with van der Waals surface area (Å²) >= 11 is 1.88. The lowest BCUT2D eigenvalue weighted by Crippen LogP contribution is -2.59. The molecule has 1 unspecified atom stereocenters. The van der Waals surface area contributed by atoms with Crippen LogP contribution in [0.25, 0.3) is 0 Å². The van der Waals surface area contributed by atoms with Gasteiger partial charge in [-0.2, -0.15) is 11.8 Å². The first-order chi connectivity index (χ1) is 39.9. The second-order valence-electron chi connectivity index (χ2n) is 22.0. The van der Waals surface area contributed by atoms with Gasteiger partial charge in [0.25, 0.3) is 0 Å². The summed E-state index contributed by atoms with van der Waals surface area (Å²) < 4.78 is 18.5. The Morgan fingerprint density at radius 2 is 1.48 bits per heavy atom. The second kappa shape index (κ2) is 36.4. The number of unbranched alkanes of at least 4 members (excludes halogenated alkanes) is 1. The highest BCUT2D eigenvalue weighted by molar-refractivity contribution is 8.00. The van der Waals surface area contributed by atoms with Crippen LogP contribution in [0, 0.1) is 17.8 Å². The van der Waals surface area contributed by atoms with Gasteiger partial charge in [-0.05, 0) is 63.2 Å². The third-order valence-electron chi connectivity index (χ3n) is 14.3. The lowest BCUT2D eigenvalue weighted by atomic mass is 9.87. The molecule has 2 aromatic rings. The maximum atomic E-state index is 14.1. The number of rotatable bonds is 26. The van der Waals surface area contributed by atoms with Gasteiger partial charge < -0.3 is 77.9 Å². The number of ether oxygens (including phenoxy) is 3. The Morgan fingerprint density at radius 1 is 0.795 bits per heavy atom. The van der Waals surface area contributed by atoms with E-state index >= 15 is 0 Å². The molecule has 28 nitrogen and oxygen atoms in total. The largest absolute Gasteiger partial charge is 0.394 e. The highest BCUT2D eigenvalue weighted by atomic mass is 32.2. The molecule has 5 rings (SSSR count). The lowest BCUT2D eigenvalue weighted by Gasteiger charge is -2.27. The molecule has 3 aliphatic heterocycles. The van der Waals surface area contributed by atoms with Crippen LogP contribution in [0.4, 0.5) is 4.79 Å². The van der Waals surface area contributed by atoms with Crippen LogP contribution in [0.15, 0.2) is 18.7 Å². The van der Waals surface area contributed by atoms with E-state index < -0.39 is 90.5 Å². The summed E-state index contributed by atoms with van der Waals surface area (Å²) in [7, 11) is 0. The van der Waals surface area contributed by atoms with Crippen LogP contribution in [0.1, 0.15) is 110 Å². The van der Waals surface area contributed by atoms with E-state index in [1.54, 1.807) is 24.7 Å². The summed E-state index contributed by atoms with van der Waals surface area (Å²) in [4.78, 5) is 126. The number of carbonyl (C=O) groups is 9. The fourth-order valence-corrected chi connectivity index (χ4v) is 11.2. The molecular formula is C54H89N15O13S. The number of fused-ring (bicyclic) bond motifs is 3. The molecule has 9 amide bonds. The molecule has 9 atom stereocenters. The van der Waals surface area contributed by atoms with Gasteiger partial charge in [0, 0.05) is 93.5 Å². The van der Waals surface area contributed by atoms with Gasteiger partial charge in [0.2, 0.25) is 41.4 Å². The zero-order valence-electron chi connectivity index (χ0n) is 48.4. The van der Waals surface area contributed by atoms with Crippen molar-refractivity contribution in [3.05, 3.63) is 30.1 Å². The molecule has 0 aliphatic carbocycles. The number of aliphatic hydroxyl groups excluding tert-OH is 1. The molecule has 2 aromatic heterocycles. The molecular weight excluding hydrogens is 1100 g/mol. The van der Waals surface area contributed by atoms with Crippen molar-refractivity contribution in [1.82, 2.24) is 72.8 Å². The number of amides is 9. The number of carbonyl (C=O) groups excluding carboxylic acids is 9. The maximum absolute atomic E-state index is 14.1. The first-order valence-corrected chi connectivity index (χ1v) is 30.1. The summed E-state index contributed by atoms with van der Waals surface area (Å²) in [5.74, 6) is -5.05. The fourth-order valence-electron chi connectivity index (χ4n) is 9.67. The van der Waals surface area contributed by atoms with Crippen molar-refractivity contribution in [2.45, 2.75) is 165 Å². The van der Waals surface area contributed by atoms with E-state index in [1.807, 2.05) is 25.6 Å². The van der Waals surface area contributed by atoms with Crippen molar-refractivity contribution < 1.29 is 62.5 Å². The van der Waals surface area contributed by atoms with Crippen LogP contribution in [0.2, 0.25) is 0 Å². The van der Waals surface area contributed by atoms with Crippen molar-refractivity contribution >= 4 is 64.9 Å². The number of nitrogens with zero attached hydrogens (tertiary/aromatic N) is 4.